The Bertz CT molecular complexity index is 336. The fourth-order valence-electron chi connectivity index (χ4n) is 1.68. The maximum Gasteiger partial charge on any atom is 0.148 e. The van der Waals surface area contributed by atoms with Gasteiger partial charge in [-0.3, -0.25) is 0 Å². The molecule has 2 N–H and O–H groups in total. The van der Waals surface area contributed by atoms with Gasteiger partial charge in [-0.2, -0.15) is 0 Å². The summed E-state index contributed by atoms with van der Waals surface area (Å²) in [5, 5.41) is 6.46. The van der Waals surface area contributed by atoms with Crippen LogP contribution < -0.4 is 10.6 Å². The highest BCUT2D eigenvalue weighted by atomic mass is 19.1. The molecule has 0 fully saturated rings. The molecule has 0 bridgehead atoms. The lowest BCUT2D eigenvalue weighted by atomic mass is 10.0. The van der Waals surface area contributed by atoms with E-state index < -0.39 is 0 Å². The molecule has 76 valence electrons. The normalized spacial score (nSPS) is 19.9. The lowest BCUT2D eigenvalue weighted by molar-refractivity contribution is 0.529. The molecule has 0 aliphatic carbocycles. The SMILES string of the molecule is CC(C)C1CNc2cccc(F)c2N1. The first-order chi connectivity index (χ1) is 6.68. The van der Waals surface area contributed by atoms with Crippen molar-refractivity contribution in [3.63, 3.8) is 0 Å². The Morgan fingerprint density at radius 1 is 1.43 bits per heavy atom. The Kier molecular flexibility index (Phi) is 2.32. The number of anilines is 2. The average Bonchev–Trinajstić information content (AvgIpc) is 2.18. The molecule has 0 amide bonds. The molecule has 14 heavy (non-hydrogen) atoms. The molecule has 0 saturated heterocycles. The van der Waals surface area contributed by atoms with Crippen LogP contribution in [0.2, 0.25) is 0 Å². The van der Waals surface area contributed by atoms with E-state index in [1.807, 2.05) is 6.07 Å². The third-order valence-electron chi connectivity index (χ3n) is 2.66. The van der Waals surface area contributed by atoms with Gasteiger partial charge in [0, 0.05) is 12.6 Å². The molecule has 1 aromatic carbocycles. The Morgan fingerprint density at radius 2 is 2.21 bits per heavy atom. The van der Waals surface area contributed by atoms with Gasteiger partial charge < -0.3 is 10.6 Å². The van der Waals surface area contributed by atoms with Gasteiger partial charge in [0.05, 0.1) is 11.4 Å². The van der Waals surface area contributed by atoms with Crippen LogP contribution in [-0.4, -0.2) is 12.6 Å². The van der Waals surface area contributed by atoms with Crippen molar-refractivity contribution in [1.82, 2.24) is 0 Å². The lowest BCUT2D eigenvalue weighted by Gasteiger charge is -2.31. The van der Waals surface area contributed by atoms with Crippen LogP contribution in [-0.2, 0) is 0 Å². The predicted molar refractivity (Wildman–Crippen MR) is 57.1 cm³/mol. The van der Waals surface area contributed by atoms with Crippen LogP contribution in [0.3, 0.4) is 0 Å². The minimum Gasteiger partial charge on any atom is -0.381 e. The summed E-state index contributed by atoms with van der Waals surface area (Å²) >= 11 is 0. The summed E-state index contributed by atoms with van der Waals surface area (Å²) in [6, 6.07) is 5.40. The molecule has 0 radical (unpaired) electrons. The van der Waals surface area contributed by atoms with Gasteiger partial charge >= 0.3 is 0 Å². The molecular formula is C11H15FN2. The summed E-state index contributed by atoms with van der Waals surface area (Å²) < 4.78 is 13.4. The van der Waals surface area contributed by atoms with E-state index in [4.69, 9.17) is 0 Å². The molecule has 1 aliphatic rings. The van der Waals surface area contributed by atoms with Gasteiger partial charge in [0.15, 0.2) is 0 Å². The number of halogens is 1. The third kappa shape index (κ3) is 1.54. The van der Waals surface area contributed by atoms with Gasteiger partial charge in [0.1, 0.15) is 5.82 Å². The van der Waals surface area contributed by atoms with Crippen molar-refractivity contribution in [2.75, 3.05) is 17.2 Å². The maximum absolute atomic E-state index is 13.4. The first kappa shape index (κ1) is 9.31. The van der Waals surface area contributed by atoms with Crippen LogP contribution in [0.15, 0.2) is 18.2 Å². The summed E-state index contributed by atoms with van der Waals surface area (Å²) in [4.78, 5) is 0. The van der Waals surface area contributed by atoms with Gasteiger partial charge in [-0.05, 0) is 18.1 Å². The molecule has 1 aliphatic heterocycles. The minimum atomic E-state index is -0.180. The van der Waals surface area contributed by atoms with E-state index in [9.17, 15) is 4.39 Å². The van der Waals surface area contributed by atoms with Crippen LogP contribution in [0.1, 0.15) is 13.8 Å². The van der Waals surface area contributed by atoms with Crippen LogP contribution in [0.25, 0.3) is 0 Å². The second-order valence-electron chi connectivity index (χ2n) is 4.04. The van der Waals surface area contributed by atoms with Crippen LogP contribution in [0.4, 0.5) is 15.8 Å². The fraction of sp³-hybridized carbons (Fsp3) is 0.455. The second kappa shape index (κ2) is 3.48. The monoisotopic (exact) mass is 194 g/mol. The molecular weight excluding hydrogens is 179 g/mol. The van der Waals surface area contributed by atoms with E-state index in [0.717, 1.165) is 12.2 Å². The van der Waals surface area contributed by atoms with E-state index in [2.05, 4.69) is 24.5 Å². The molecule has 1 unspecified atom stereocenters. The summed E-state index contributed by atoms with van der Waals surface area (Å²) in [6.07, 6.45) is 0. The number of hydrogen-bond acceptors (Lipinski definition) is 2. The average molecular weight is 194 g/mol. The van der Waals surface area contributed by atoms with Gasteiger partial charge in [-0.15, -0.1) is 0 Å². The van der Waals surface area contributed by atoms with E-state index in [1.165, 1.54) is 6.07 Å². The van der Waals surface area contributed by atoms with Crippen LogP contribution in [0.5, 0.6) is 0 Å². The first-order valence-corrected chi connectivity index (χ1v) is 4.97. The molecule has 2 nitrogen and oxygen atoms in total. The van der Waals surface area contributed by atoms with Crippen molar-refractivity contribution in [2.45, 2.75) is 19.9 Å². The van der Waals surface area contributed by atoms with Crippen molar-refractivity contribution < 1.29 is 4.39 Å². The number of fused-ring (bicyclic) bond motifs is 1. The Morgan fingerprint density at radius 3 is 2.93 bits per heavy atom. The number of nitrogens with one attached hydrogen (secondary N) is 2. The van der Waals surface area contributed by atoms with Crippen molar-refractivity contribution in [1.29, 1.82) is 0 Å². The first-order valence-electron chi connectivity index (χ1n) is 4.97. The van der Waals surface area contributed by atoms with Gasteiger partial charge in [-0.25, -0.2) is 4.39 Å². The maximum atomic E-state index is 13.4. The third-order valence-corrected chi connectivity index (χ3v) is 2.66. The minimum absolute atomic E-state index is 0.180. The number of hydrogen-bond donors (Lipinski definition) is 2. The quantitative estimate of drug-likeness (QED) is 0.718. The van der Waals surface area contributed by atoms with E-state index in [0.29, 0.717) is 17.6 Å². The number of para-hydroxylation sites is 1. The Balaban J connectivity index is 2.29. The van der Waals surface area contributed by atoms with Crippen molar-refractivity contribution in [3.8, 4) is 0 Å². The summed E-state index contributed by atoms with van der Waals surface area (Å²) in [5.74, 6) is 0.315. The predicted octanol–water partition coefficient (Wildman–Crippen LogP) is 2.69. The van der Waals surface area contributed by atoms with Crippen LogP contribution >= 0.6 is 0 Å². The zero-order valence-corrected chi connectivity index (χ0v) is 8.47. The lowest BCUT2D eigenvalue weighted by Crippen LogP contribution is -2.37. The van der Waals surface area contributed by atoms with E-state index in [-0.39, 0.29) is 5.82 Å². The topological polar surface area (TPSA) is 24.1 Å². The standard InChI is InChI=1S/C11H15FN2/c1-7(2)10-6-13-9-5-3-4-8(12)11(9)14-10/h3-5,7,10,13-14H,6H2,1-2H3. The molecule has 0 saturated carbocycles. The van der Waals surface area contributed by atoms with Gasteiger partial charge in [-0.1, -0.05) is 19.9 Å². The second-order valence-corrected chi connectivity index (χ2v) is 4.04. The highest BCUT2D eigenvalue weighted by molar-refractivity contribution is 5.71. The smallest absolute Gasteiger partial charge is 0.148 e. The highest BCUT2D eigenvalue weighted by Gasteiger charge is 2.21. The fourth-order valence-corrected chi connectivity index (χ4v) is 1.68. The number of rotatable bonds is 1. The molecule has 3 heteroatoms. The molecule has 0 aromatic heterocycles. The van der Waals surface area contributed by atoms with Crippen molar-refractivity contribution in [2.24, 2.45) is 5.92 Å². The van der Waals surface area contributed by atoms with Gasteiger partial charge in [0.2, 0.25) is 0 Å². The summed E-state index contributed by atoms with van der Waals surface area (Å²) in [5.41, 5.74) is 1.47. The zero-order chi connectivity index (χ0) is 10.1. The Labute approximate surface area is 83.5 Å². The van der Waals surface area contributed by atoms with Crippen LogP contribution in [0, 0.1) is 11.7 Å². The summed E-state index contributed by atoms with van der Waals surface area (Å²) in [6.45, 7) is 5.12. The molecule has 0 spiro atoms. The number of benzene rings is 1. The van der Waals surface area contributed by atoms with Crippen molar-refractivity contribution in [3.05, 3.63) is 24.0 Å². The van der Waals surface area contributed by atoms with E-state index >= 15 is 0 Å². The largest absolute Gasteiger partial charge is 0.381 e. The van der Waals surface area contributed by atoms with E-state index in [1.54, 1.807) is 6.07 Å². The molecule has 1 atom stereocenters. The molecule has 1 heterocycles. The highest BCUT2D eigenvalue weighted by Crippen LogP contribution is 2.30. The molecule has 2 rings (SSSR count). The van der Waals surface area contributed by atoms with Crippen molar-refractivity contribution >= 4 is 11.4 Å². The van der Waals surface area contributed by atoms with Gasteiger partial charge in [0.25, 0.3) is 0 Å². The molecule has 1 aromatic rings. The zero-order valence-electron chi connectivity index (χ0n) is 8.47. The summed E-state index contributed by atoms with van der Waals surface area (Å²) in [7, 11) is 0. The Hall–Kier alpha value is -1.25.